The highest BCUT2D eigenvalue weighted by molar-refractivity contribution is 5.94. The summed E-state index contributed by atoms with van der Waals surface area (Å²) >= 11 is 0. The van der Waals surface area contributed by atoms with Crippen LogP contribution in [0.2, 0.25) is 0 Å². The molecule has 0 aromatic heterocycles. The zero-order valence-electron chi connectivity index (χ0n) is 27.8. The topological polar surface area (TPSA) is 62.2 Å². The van der Waals surface area contributed by atoms with Crippen LogP contribution in [0.3, 0.4) is 0 Å². The summed E-state index contributed by atoms with van der Waals surface area (Å²) in [5.41, 5.74) is 6.44. The first-order valence-electron chi connectivity index (χ1n) is 17.0. The highest BCUT2D eigenvalue weighted by Crippen LogP contribution is 2.65. The monoisotopic (exact) mass is 618 g/mol. The van der Waals surface area contributed by atoms with Gasteiger partial charge in [-0.2, -0.15) is 0 Å². The van der Waals surface area contributed by atoms with E-state index in [4.69, 9.17) is 9.47 Å². The third kappa shape index (κ3) is 5.04. The Morgan fingerprint density at radius 3 is 2.67 bits per heavy atom. The van der Waals surface area contributed by atoms with Crippen LogP contribution >= 0.6 is 0 Å². The summed E-state index contributed by atoms with van der Waals surface area (Å²) in [7, 11) is 1.64. The summed E-state index contributed by atoms with van der Waals surface area (Å²) in [6.07, 6.45) is 4.37. The van der Waals surface area contributed by atoms with E-state index in [1.165, 1.54) is 16.7 Å². The number of hydrogen-bond acceptors (Lipinski definition) is 5. The van der Waals surface area contributed by atoms with Gasteiger partial charge >= 0.3 is 0 Å². The van der Waals surface area contributed by atoms with Gasteiger partial charge in [-0.05, 0) is 93.2 Å². The van der Waals surface area contributed by atoms with Crippen LogP contribution in [0.4, 0.5) is 0 Å². The molecule has 6 nitrogen and oxygen atoms in total. The fourth-order valence-corrected chi connectivity index (χ4v) is 9.10. The lowest BCUT2D eigenvalue weighted by Gasteiger charge is -2.60. The van der Waals surface area contributed by atoms with Gasteiger partial charge in [-0.25, -0.2) is 0 Å². The SMILES string of the molecule is COc1cc(O)c2c3c1O[C@H]1[C@@H](N(CC(C)C)C(=O)C#Cc4ccc(C)c(C)c4)CC[C@H]4[C@@H](C2)N(CCc2ccccc2)CC[C@@]341. The van der Waals surface area contributed by atoms with E-state index in [0.29, 0.717) is 30.0 Å². The molecule has 3 aromatic carbocycles. The van der Waals surface area contributed by atoms with Crippen LogP contribution in [0.15, 0.2) is 54.6 Å². The average molecular weight is 619 g/mol. The molecule has 2 heterocycles. The lowest BCUT2D eigenvalue weighted by Crippen LogP contribution is -2.69. The average Bonchev–Trinajstić information content (AvgIpc) is 3.39. The van der Waals surface area contributed by atoms with Gasteiger partial charge in [0, 0.05) is 53.2 Å². The molecule has 2 aliphatic heterocycles. The second kappa shape index (κ2) is 12.0. The van der Waals surface area contributed by atoms with E-state index >= 15 is 0 Å². The van der Waals surface area contributed by atoms with E-state index < -0.39 is 0 Å². The lowest BCUT2D eigenvalue weighted by atomic mass is 9.50. The minimum absolute atomic E-state index is 0.123. The van der Waals surface area contributed by atoms with Crippen LogP contribution in [0, 0.1) is 37.5 Å². The molecule has 2 aliphatic carbocycles. The third-order valence-electron chi connectivity index (χ3n) is 11.3. The molecule has 4 aliphatic rings. The number of carbonyl (C=O) groups is 1. The summed E-state index contributed by atoms with van der Waals surface area (Å²) in [6, 6.07) is 18.7. The normalized spacial score (nSPS) is 25.7. The number of phenols is 1. The fourth-order valence-electron chi connectivity index (χ4n) is 9.10. The van der Waals surface area contributed by atoms with Crippen LogP contribution in [-0.2, 0) is 23.1 Å². The number of piperidine rings is 1. The molecular formula is C40H46N2O4. The van der Waals surface area contributed by atoms with Crippen molar-refractivity contribution in [2.24, 2.45) is 11.8 Å². The van der Waals surface area contributed by atoms with Gasteiger partial charge in [-0.3, -0.25) is 9.69 Å². The maximum Gasteiger partial charge on any atom is 0.299 e. The van der Waals surface area contributed by atoms with Gasteiger partial charge in [0.1, 0.15) is 11.9 Å². The summed E-state index contributed by atoms with van der Waals surface area (Å²) in [4.78, 5) is 18.7. The molecule has 3 aromatic rings. The number of benzene rings is 3. The molecule has 240 valence electrons. The van der Waals surface area contributed by atoms with Crippen LogP contribution in [0.5, 0.6) is 17.2 Å². The van der Waals surface area contributed by atoms with Crippen LogP contribution in [0.25, 0.3) is 0 Å². The van der Waals surface area contributed by atoms with Crippen molar-refractivity contribution in [1.29, 1.82) is 0 Å². The number of rotatable bonds is 7. The molecule has 0 unspecified atom stereocenters. The molecule has 2 bridgehead atoms. The Balaban J connectivity index is 1.26. The number of hydrogen-bond donors (Lipinski definition) is 1. The van der Waals surface area contributed by atoms with Crippen molar-refractivity contribution < 1.29 is 19.4 Å². The molecule has 7 rings (SSSR count). The first-order valence-corrected chi connectivity index (χ1v) is 17.0. The number of nitrogens with zero attached hydrogens (tertiary/aromatic N) is 2. The van der Waals surface area contributed by atoms with Crippen LogP contribution in [0.1, 0.15) is 66.5 Å². The number of phenolic OH excluding ortho intramolecular Hbond substituents is 1. The lowest BCUT2D eigenvalue weighted by molar-refractivity contribution is -0.137. The first kappa shape index (κ1) is 30.7. The van der Waals surface area contributed by atoms with Crippen molar-refractivity contribution in [3.05, 3.63) is 88.0 Å². The molecule has 1 amide bonds. The van der Waals surface area contributed by atoms with Gasteiger partial charge in [0.2, 0.25) is 0 Å². The molecule has 5 atom stereocenters. The molecule has 2 fully saturated rings. The van der Waals surface area contributed by atoms with Crippen molar-refractivity contribution in [3.63, 3.8) is 0 Å². The molecular weight excluding hydrogens is 572 g/mol. The molecule has 46 heavy (non-hydrogen) atoms. The van der Waals surface area contributed by atoms with E-state index in [2.05, 4.69) is 86.9 Å². The predicted molar refractivity (Wildman–Crippen MR) is 180 cm³/mol. The van der Waals surface area contributed by atoms with Gasteiger partial charge < -0.3 is 19.5 Å². The Hall–Kier alpha value is -3.95. The maximum atomic E-state index is 14.1. The minimum atomic E-state index is -0.289. The van der Waals surface area contributed by atoms with Crippen LogP contribution in [-0.4, -0.2) is 65.7 Å². The standard InChI is InChI=1S/C40H46N2O4/c1-25(2)24-42(36(44)16-13-29-12-11-26(3)27(4)21-29)32-15-14-31-33-22-30-34(43)23-35(45-5)38-37(30)40(31,39(32)46-38)18-20-41(33)19-17-28-9-7-6-8-10-28/h6-12,21,23,25,31-33,39,43H,14-15,17-20,22,24H2,1-5H3/t31-,32-,33+,39-,40-/m0/s1. The summed E-state index contributed by atoms with van der Waals surface area (Å²) < 4.78 is 12.9. The fraction of sp³-hybridized carbons (Fsp3) is 0.475. The number of aromatic hydroxyl groups is 1. The predicted octanol–water partition coefficient (Wildman–Crippen LogP) is 6.20. The molecule has 6 heteroatoms. The number of methoxy groups -OCH3 is 1. The second-order valence-electron chi connectivity index (χ2n) is 14.3. The van der Waals surface area contributed by atoms with Gasteiger partial charge in [0.25, 0.3) is 5.91 Å². The summed E-state index contributed by atoms with van der Waals surface area (Å²) in [5, 5.41) is 11.4. The van der Waals surface area contributed by atoms with E-state index in [1.54, 1.807) is 13.2 Å². The van der Waals surface area contributed by atoms with Crippen molar-refractivity contribution in [1.82, 2.24) is 9.80 Å². The molecule has 0 radical (unpaired) electrons. The highest BCUT2D eigenvalue weighted by atomic mass is 16.5. The van der Waals surface area contributed by atoms with Crippen molar-refractivity contribution in [3.8, 4) is 29.1 Å². The first-order chi connectivity index (χ1) is 22.2. The van der Waals surface area contributed by atoms with Crippen LogP contribution < -0.4 is 9.47 Å². The summed E-state index contributed by atoms with van der Waals surface area (Å²) in [6.45, 7) is 11.0. The number of ether oxygens (including phenoxy) is 2. The van der Waals surface area contributed by atoms with E-state index in [0.717, 1.165) is 67.6 Å². The summed E-state index contributed by atoms with van der Waals surface area (Å²) in [5.74, 6) is 8.34. The van der Waals surface area contributed by atoms with Gasteiger partial charge in [-0.1, -0.05) is 56.2 Å². The zero-order valence-corrected chi connectivity index (χ0v) is 27.8. The second-order valence-corrected chi connectivity index (χ2v) is 14.3. The molecule has 1 N–H and O–H groups in total. The maximum absolute atomic E-state index is 14.1. The zero-order chi connectivity index (χ0) is 32.2. The van der Waals surface area contributed by atoms with Crippen molar-refractivity contribution in [2.75, 3.05) is 26.7 Å². The number of likely N-dealkylation sites (tertiary alicyclic amines) is 1. The van der Waals surface area contributed by atoms with Crippen molar-refractivity contribution >= 4 is 5.91 Å². The quantitative estimate of drug-likeness (QED) is 0.320. The smallest absolute Gasteiger partial charge is 0.299 e. The van der Waals surface area contributed by atoms with E-state index in [1.807, 2.05) is 11.0 Å². The Morgan fingerprint density at radius 1 is 1.13 bits per heavy atom. The Kier molecular flexibility index (Phi) is 8.01. The number of aryl methyl sites for hydroxylation is 2. The Morgan fingerprint density at radius 2 is 1.93 bits per heavy atom. The largest absolute Gasteiger partial charge is 0.508 e. The van der Waals surface area contributed by atoms with Gasteiger partial charge in [0.15, 0.2) is 11.5 Å². The van der Waals surface area contributed by atoms with E-state index in [-0.39, 0.29) is 29.4 Å². The number of amides is 1. The Labute approximate surface area is 273 Å². The van der Waals surface area contributed by atoms with Crippen molar-refractivity contribution in [2.45, 2.75) is 83.4 Å². The van der Waals surface area contributed by atoms with E-state index in [9.17, 15) is 9.90 Å². The molecule has 1 spiro atoms. The van der Waals surface area contributed by atoms with Gasteiger partial charge in [-0.15, -0.1) is 0 Å². The highest BCUT2D eigenvalue weighted by Gasteiger charge is 2.67. The molecule has 1 saturated carbocycles. The minimum Gasteiger partial charge on any atom is -0.508 e. The third-order valence-corrected chi connectivity index (χ3v) is 11.3. The molecule has 1 saturated heterocycles. The Bertz CT molecular complexity index is 1710. The number of carbonyl (C=O) groups excluding carboxylic acids is 1. The van der Waals surface area contributed by atoms with Gasteiger partial charge in [0.05, 0.1) is 13.2 Å².